The zero-order valence-electron chi connectivity index (χ0n) is 8.49. The lowest BCUT2D eigenvalue weighted by Crippen LogP contribution is -2.24. The number of ether oxygens (including phenoxy) is 2. The highest BCUT2D eigenvalue weighted by atomic mass is 19.1. The van der Waals surface area contributed by atoms with Crippen LogP contribution in [0.2, 0.25) is 0 Å². The molecule has 1 rings (SSSR count). The third-order valence-corrected chi connectivity index (χ3v) is 2.00. The third-order valence-electron chi connectivity index (χ3n) is 2.00. The number of methoxy groups -OCH3 is 2. The second-order valence-corrected chi connectivity index (χ2v) is 2.86. The van der Waals surface area contributed by atoms with Gasteiger partial charge in [-0.2, -0.15) is 0 Å². The van der Waals surface area contributed by atoms with Crippen LogP contribution in [0.15, 0.2) is 18.2 Å². The minimum absolute atomic E-state index is 0.00634. The molecule has 0 aromatic heterocycles. The highest BCUT2D eigenvalue weighted by Gasteiger charge is 2.23. The maximum Gasteiger partial charge on any atom is 0.327 e. The van der Waals surface area contributed by atoms with E-state index < -0.39 is 17.8 Å². The fourth-order valence-corrected chi connectivity index (χ4v) is 1.24. The number of nitrogens with two attached hydrogens (primary N) is 1. The van der Waals surface area contributed by atoms with Crippen LogP contribution < -0.4 is 10.5 Å². The molecular weight excluding hydrogens is 201 g/mol. The molecule has 0 aliphatic rings. The van der Waals surface area contributed by atoms with Gasteiger partial charge < -0.3 is 15.2 Å². The van der Waals surface area contributed by atoms with Crippen LogP contribution >= 0.6 is 0 Å². The highest BCUT2D eigenvalue weighted by molar-refractivity contribution is 5.78. The molecule has 0 heterocycles. The number of carbonyl (C=O) groups excluding carboxylic acids is 1. The molecule has 0 radical (unpaired) electrons. The molecule has 0 bridgehead atoms. The lowest BCUT2D eigenvalue weighted by molar-refractivity contribution is -0.142. The van der Waals surface area contributed by atoms with Gasteiger partial charge in [-0.15, -0.1) is 0 Å². The Morgan fingerprint density at radius 3 is 2.67 bits per heavy atom. The van der Waals surface area contributed by atoms with Gasteiger partial charge in [0.25, 0.3) is 0 Å². The van der Waals surface area contributed by atoms with E-state index in [-0.39, 0.29) is 11.3 Å². The van der Waals surface area contributed by atoms with Crippen molar-refractivity contribution in [1.82, 2.24) is 0 Å². The van der Waals surface area contributed by atoms with Gasteiger partial charge in [0.05, 0.1) is 19.8 Å². The first kappa shape index (κ1) is 11.5. The zero-order valence-corrected chi connectivity index (χ0v) is 8.49. The molecule has 0 aliphatic carbocycles. The van der Waals surface area contributed by atoms with E-state index in [1.807, 2.05) is 0 Å². The standard InChI is InChI=1S/C10H12FNO3/c1-14-7-5-3-4-6(11)8(7)9(12)10(13)15-2/h3-5,9H,12H2,1-2H3/t9-/m1/s1. The summed E-state index contributed by atoms with van der Waals surface area (Å²) in [5.41, 5.74) is 5.54. The van der Waals surface area contributed by atoms with Crippen LogP contribution in [0, 0.1) is 5.82 Å². The topological polar surface area (TPSA) is 61.5 Å². The maximum absolute atomic E-state index is 13.4. The molecule has 0 fully saturated rings. The van der Waals surface area contributed by atoms with Gasteiger partial charge in [0.2, 0.25) is 0 Å². The number of halogens is 1. The Hall–Kier alpha value is -1.62. The molecule has 1 aromatic carbocycles. The van der Waals surface area contributed by atoms with Crippen molar-refractivity contribution in [2.45, 2.75) is 6.04 Å². The van der Waals surface area contributed by atoms with E-state index >= 15 is 0 Å². The maximum atomic E-state index is 13.4. The van der Waals surface area contributed by atoms with Gasteiger partial charge in [-0.3, -0.25) is 4.79 Å². The van der Waals surface area contributed by atoms with E-state index in [2.05, 4.69) is 4.74 Å². The van der Waals surface area contributed by atoms with Crippen molar-refractivity contribution in [1.29, 1.82) is 0 Å². The average molecular weight is 213 g/mol. The van der Waals surface area contributed by atoms with Gasteiger partial charge in [-0.1, -0.05) is 6.07 Å². The Bertz CT molecular complexity index is 368. The van der Waals surface area contributed by atoms with E-state index in [1.165, 1.54) is 32.4 Å². The predicted molar refractivity (Wildman–Crippen MR) is 51.9 cm³/mol. The molecular formula is C10H12FNO3. The Balaban J connectivity index is 3.16. The number of hydrogen-bond acceptors (Lipinski definition) is 4. The molecule has 0 amide bonds. The van der Waals surface area contributed by atoms with E-state index in [4.69, 9.17) is 10.5 Å². The molecule has 82 valence electrons. The minimum Gasteiger partial charge on any atom is -0.496 e. The van der Waals surface area contributed by atoms with Crippen LogP contribution in [0.5, 0.6) is 5.75 Å². The van der Waals surface area contributed by atoms with Crippen molar-refractivity contribution in [2.75, 3.05) is 14.2 Å². The van der Waals surface area contributed by atoms with Crippen LogP contribution in [0.25, 0.3) is 0 Å². The van der Waals surface area contributed by atoms with Crippen molar-refractivity contribution in [3.8, 4) is 5.75 Å². The fourth-order valence-electron chi connectivity index (χ4n) is 1.24. The van der Waals surface area contributed by atoms with Gasteiger partial charge in [0.1, 0.15) is 17.6 Å². The van der Waals surface area contributed by atoms with Crippen molar-refractivity contribution in [2.24, 2.45) is 5.73 Å². The summed E-state index contributed by atoms with van der Waals surface area (Å²) in [4.78, 5) is 11.2. The van der Waals surface area contributed by atoms with Crippen molar-refractivity contribution in [3.05, 3.63) is 29.6 Å². The van der Waals surface area contributed by atoms with Crippen LogP contribution in [0.1, 0.15) is 11.6 Å². The lowest BCUT2D eigenvalue weighted by Gasteiger charge is -2.14. The Kier molecular flexibility index (Phi) is 3.62. The summed E-state index contributed by atoms with van der Waals surface area (Å²) in [6, 6.07) is 3.04. The predicted octanol–water partition coefficient (Wildman–Crippen LogP) is 1.01. The molecule has 1 aromatic rings. The van der Waals surface area contributed by atoms with Crippen molar-refractivity contribution >= 4 is 5.97 Å². The number of esters is 1. The molecule has 0 saturated heterocycles. The summed E-state index contributed by atoms with van der Waals surface area (Å²) in [5.74, 6) is -1.07. The van der Waals surface area contributed by atoms with Gasteiger partial charge in [-0.25, -0.2) is 4.39 Å². The summed E-state index contributed by atoms with van der Waals surface area (Å²) >= 11 is 0. The van der Waals surface area contributed by atoms with Gasteiger partial charge in [0.15, 0.2) is 0 Å². The molecule has 5 heteroatoms. The van der Waals surface area contributed by atoms with Gasteiger partial charge in [-0.05, 0) is 12.1 Å². The first-order valence-electron chi connectivity index (χ1n) is 4.27. The molecule has 15 heavy (non-hydrogen) atoms. The van der Waals surface area contributed by atoms with Crippen LogP contribution in [0.4, 0.5) is 4.39 Å². The molecule has 2 N–H and O–H groups in total. The molecule has 1 atom stereocenters. The van der Waals surface area contributed by atoms with E-state index in [9.17, 15) is 9.18 Å². The first-order valence-corrected chi connectivity index (χ1v) is 4.27. The van der Waals surface area contributed by atoms with E-state index in [0.29, 0.717) is 0 Å². The van der Waals surface area contributed by atoms with E-state index in [1.54, 1.807) is 0 Å². The quantitative estimate of drug-likeness (QED) is 0.761. The smallest absolute Gasteiger partial charge is 0.327 e. The minimum atomic E-state index is -1.17. The fraction of sp³-hybridized carbons (Fsp3) is 0.300. The lowest BCUT2D eigenvalue weighted by atomic mass is 10.1. The van der Waals surface area contributed by atoms with Gasteiger partial charge >= 0.3 is 5.97 Å². The monoisotopic (exact) mass is 213 g/mol. The second-order valence-electron chi connectivity index (χ2n) is 2.86. The van der Waals surface area contributed by atoms with Crippen molar-refractivity contribution < 1.29 is 18.7 Å². The Morgan fingerprint density at radius 2 is 2.13 bits per heavy atom. The first-order chi connectivity index (χ1) is 7.11. The number of benzene rings is 1. The molecule has 4 nitrogen and oxygen atoms in total. The summed E-state index contributed by atoms with van der Waals surface area (Å²) < 4.78 is 22.8. The number of hydrogen-bond donors (Lipinski definition) is 1. The summed E-state index contributed by atoms with van der Waals surface area (Å²) in [5, 5.41) is 0. The molecule has 0 saturated carbocycles. The highest BCUT2D eigenvalue weighted by Crippen LogP contribution is 2.26. The number of rotatable bonds is 3. The van der Waals surface area contributed by atoms with Crippen LogP contribution in [-0.4, -0.2) is 20.2 Å². The van der Waals surface area contributed by atoms with E-state index in [0.717, 1.165) is 0 Å². The zero-order chi connectivity index (χ0) is 11.4. The second kappa shape index (κ2) is 4.75. The van der Waals surface area contributed by atoms with Crippen molar-refractivity contribution in [3.63, 3.8) is 0 Å². The summed E-state index contributed by atoms with van der Waals surface area (Å²) in [7, 11) is 2.57. The van der Waals surface area contributed by atoms with Crippen LogP contribution in [0.3, 0.4) is 0 Å². The average Bonchev–Trinajstić information content (AvgIpc) is 2.26. The Labute approximate surface area is 86.8 Å². The molecule has 0 spiro atoms. The molecule has 0 unspecified atom stereocenters. The third kappa shape index (κ3) is 2.24. The van der Waals surface area contributed by atoms with Crippen LogP contribution in [-0.2, 0) is 9.53 Å². The normalized spacial score (nSPS) is 12.0. The Morgan fingerprint density at radius 1 is 1.47 bits per heavy atom. The summed E-state index contributed by atoms with van der Waals surface area (Å²) in [6.45, 7) is 0. The SMILES string of the molecule is COC(=O)[C@H](N)c1c(F)cccc1OC. The molecule has 0 aliphatic heterocycles. The van der Waals surface area contributed by atoms with Gasteiger partial charge in [0, 0.05) is 0 Å². The summed E-state index contributed by atoms with van der Waals surface area (Å²) in [6.07, 6.45) is 0. The largest absolute Gasteiger partial charge is 0.496 e. The number of carbonyl (C=O) groups is 1.